The molecule has 1 unspecified atom stereocenters. The minimum atomic E-state index is -1.14. The van der Waals surface area contributed by atoms with Gasteiger partial charge in [0.1, 0.15) is 6.42 Å². The predicted molar refractivity (Wildman–Crippen MR) is 28.1 cm³/mol. The third-order valence-corrected chi connectivity index (χ3v) is 0.555. The first-order valence-electron chi connectivity index (χ1n) is 2.05. The fourth-order valence-electron chi connectivity index (χ4n) is 0.214. The van der Waals surface area contributed by atoms with Crippen molar-refractivity contribution >= 4 is 5.97 Å². The van der Waals surface area contributed by atoms with Gasteiger partial charge in [-0.1, -0.05) is 6.08 Å². The zero-order chi connectivity index (χ0) is 6.57. The van der Waals surface area contributed by atoms with Crippen molar-refractivity contribution in [3.05, 3.63) is 19.1 Å². The van der Waals surface area contributed by atoms with Gasteiger partial charge in [0, 0.05) is 0 Å². The molecule has 0 aromatic carbocycles. The fourth-order valence-corrected chi connectivity index (χ4v) is 0.214. The van der Waals surface area contributed by atoms with E-state index in [-0.39, 0.29) is 0 Å². The number of aliphatic hydroxyl groups is 1. The number of aliphatic hydroxyl groups excluding tert-OH is 1. The highest BCUT2D eigenvalue weighted by Crippen LogP contribution is 1.88. The molecular formula is C5H7O3. The van der Waals surface area contributed by atoms with E-state index in [1.165, 1.54) is 0 Å². The summed E-state index contributed by atoms with van der Waals surface area (Å²) < 4.78 is 0. The van der Waals surface area contributed by atoms with Crippen LogP contribution < -0.4 is 0 Å². The maximum absolute atomic E-state index is 9.71. The summed E-state index contributed by atoms with van der Waals surface area (Å²) in [5.74, 6) is -1.14. The minimum absolute atomic E-state index is 0.743. The molecule has 0 aliphatic rings. The molecule has 0 amide bonds. The molecule has 0 fully saturated rings. The van der Waals surface area contributed by atoms with E-state index in [2.05, 4.69) is 6.58 Å². The molecule has 8 heavy (non-hydrogen) atoms. The highest BCUT2D eigenvalue weighted by Gasteiger charge is 2.03. The molecule has 45 valence electrons. The highest BCUT2D eigenvalue weighted by molar-refractivity contribution is 5.77. The first-order valence-corrected chi connectivity index (χ1v) is 2.05. The second kappa shape index (κ2) is 3.21. The summed E-state index contributed by atoms with van der Waals surface area (Å²) in [6.07, 6.45) is 0.841. The van der Waals surface area contributed by atoms with Crippen molar-refractivity contribution in [3.63, 3.8) is 0 Å². The van der Waals surface area contributed by atoms with Gasteiger partial charge >= 0.3 is 5.97 Å². The zero-order valence-corrected chi connectivity index (χ0v) is 4.24. The van der Waals surface area contributed by atoms with Crippen molar-refractivity contribution in [2.45, 2.75) is 6.10 Å². The molecule has 0 heterocycles. The van der Waals surface area contributed by atoms with Gasteiger partial charge in [-0.15, -0.1) is 6.58 Å². The largest absolute Gasteiger partial charge is 0.481 e. The summed E-state index contributed by atoms with van der Waals surface area (Å²) in [6.45, 7) is 3.17. The summed E-state index contributed by atoms with van der Waals surface area (Å²) in [7, 11) is 0. The van der Waals surface area contributed by atoms with Crippen LogP contribution in [-0.2, 0) is 4.79 Å². The number of rotatable bonds is 3. The Hall–Kier alpha value is -0.830. The first kappa shape index (κ1) is 7.17. The average Bonchev–Trinajstić information content (AvgIpc) is 1.65. The summed E-state index contributed by atoms with van der Waals surface area (Å²) in [5.41, 5.74) is 0. The third kappa shape index (κ3) is 3.36. The van der Waals surface area contributed by atoms with Crippen molar-refractivity contribution in [2.75, 3.05) is 0 Å². The van der Waals surface area contributed by atoms with Gasteiger partial charge in [0.2, 0.25) is 0 Å². The molecule has 0 saturated carbocycles. The van der Waals surface area contributed by atoms with E-state index in [1.807, 2.05) is 0 Å². The first-order chi connectivity index (χ1) is 3.66. The third-order valence-electron chi connectivity index (χ3n) is 0.555. The molecule has 3 nitrogen and oxygen atoms in total. The standard InChI is InChI=1S/C5H7O3/c1-2-4(6)3-5(7)8/h2-4,6H,1H2,(H,7,8). The lowest BCUT2D eigenvalue weighted by atomic mass is 10.2. The Morgan fingerprint density at radius 1 is 1.75 bits per heavy atom. The quantitative estimate of drug-likeness (QED) is 0.502. The van der Waals surface area contributed by atoms with Gasteiger partial charge in [-0.25, -0.2) is 0 Å². The summed E-state index contributed by atoms with van der Waals surface area (Å²) in [6, 6.07) is 0. The molecule has 0 aromatic heterocycles. The zero-order valence-electron chi connectivity index (χ0n) is 4.24. The molecule has 0 bridgehead atoms. The number of carboxylic acid groups (broad SMARTS) is 1. The van der Waals surface area contributed by atoms with Crippen LogP contribution >= 0.6 is 0 Å². The molecule has 0 aliphatic heterocycles. The molecule has 0 aliphatic carbocycles. The van der Waals surface area contributed by atoms with Crippen LogP contribution in [0.1, 0.15) is 0 Å². The van der Waals surface area contributed by atoms with Gasteiger partial charge < -0.3 is 10.2 Å². The Morgan fingerprint density at radius 2 is 2.25 bits per heavy atom. The van der Waals surface area contributed by atoms with Crippen molar-refractivity contribution in [1.82, 2.24) is 0 Å². The smallest absolute Gasteiger partial charge is 0.310 e. The molecule has 0 spiro atoms. The van der Waals surface area contributed by atoms with E-state index < -0.39 is 12.1 Å². The lowest BCUT2D eigenvalue weighted by Crippen LogP contribution is -2.09. The molecule has 1 radical (unpaired) electrons. The van der Waals surface area contributed by atoms with Gasteiger partial charge in [-0.2, -0.15) is 0 Å². The van der Waals surface area contributed by atoms with Crippen LogP contribution in [0.5, 0.6) is 0 Å². The van der Waals surface area contributed by atoms with Gasteiger partial charge in [-0.3, -0.25) is 4.79 Å². The Labute approximate surface area is 47.3 Å². The second-order valence-corrected chi connectivity index (χ2v) is 1.23. The maximum atomic E-state index is 9.71. The SMILES string of the molecule is C=CC(O)[CH]C(=O)O. The number of hydrogen-bond acceptors (Lipinski definition) is 2. The van der Waals surface area contributed by atoms with Crippen molar-refractivity contribution in [1.29, 1.82) is 0 Å². The van der Waals surface area contributed by atoms with Gasteiger partial charge in [0.25, 0.3) is 0 Å². The van der Waals surface area contributed by atoms with Crippen LogP contribution in [0.2, 0.25) is 0 Å². The number of carbonyl (C=O) groups is 1. The van der Waals surface area contributed by atoms with Crippen LogP contribution in [0.25, 0.3) is 0 Å². The number of aliphatic carboxylic acids is 1. The lowest BCUT2D eigenvalue weighted by Gasteiger charge is -1.95. The molecule has 2 N–H and O–H groups in total. The van der Waals surface area contributed by atoms with E-state index in [0.717, 1.165) is 12.5 Å². The molecule has 0 rings (SSSR count). The van der Waals surface area contributed by atoms with Gasteiger partial charge in [0.05, 0.1) is 6.10 Å². The van der Waals surface area contributed by atoms with Crippen LogP contribution in [0.3, 0.4) is 0 Å². The van der Waals surface area contributed by atoms with Gasteiger partial charge in [-0.05, 0) is 0 Å². The van der Waals surface area contributed by atoms with E-state index in [9.17, 15) is 4.79 Å². The topological polar surface area (TPSA) is 57.5 Å². The Balaban J connectivity index is 3.38. The molecule has 0 saturated heterocycles. The highest BCUT2D eigenvalue weighted by atomic mass is 16.4. The number of hydrogen-bond donors (Lipinski definition) is 2. The Morgan fingerprint density at radius 3 is 2.38 bits per heavy atom. The van der Waals surface area contributed by atoms with Crippen molar-refractivity contribution < 1.29 is 15.0 Å². The van der Waals surface area contributed by atoms with Crippen LogP contribution in [0, 0.1) is 6.42 Å². The van der Waals surface area contributed by atoms with Gasteiger partial charge in [0.15, 0.2) is 0 Å². The predicted octanol–water partition coefficient (Wildman–Crippen LogP) is -0.178. The number of carboxylic acids is 1. The summed E-state index contributed by atoms with van der Waals surface area (Å²) in [4.78, 5) is 9.71. The van der Waals surface area contributed by atoms with Crippen LogP contribution in [0.15, 0.2) is 12.7 Å². The molecule has 3 heteroatoms. The molecule has 0 aromatic rings. The van der Waals surface area contributed by atoms with E-state index in [0.29, 0.717) is 0 Å². The summed E-state index contributed by atoms with van der Waals surface area (Å²) >= 11 is 0. The average molecular weight is 115 g/mol. The second-order valence-electron chi connectivity index (χ2n) is 1.23. The van der Waals surface area contributed by atoms with E-state index >= 15 is 0 Å². The molecular weight excluding hydrogens is 108 g/mol. The Bertz CT molecular complexity index is 97.8. The van der Waals surface area contributed by atoms with Crippen LogP contribution in [-0.4, -0.2) is 22.3 Å². The Kier molecular flexibility index (Phi) is 2.88. The maximum Gasteiger partial charge on any atom is 0.310 e. The van der Waals surface area contributed by atoms with Crippen LogP contribution in [0.4, 0.5) is 0 Å². The van der Waals surface area contributed by atoms with E-state index in [4.69, 9.17) is 10.2 Å². The normalized spacial score (nSPS) is 12.6. The molecule has 1 atom stereocenters. The van der Waals surface area contributed by atoms with E-state index in [1.54, 1.807) is 0 Å². The fraction of sp³-hybridized carbons (Fsp3) is 0.200. The minimum Gasteiger partial charge on any atom is -0.481 e. The monoisotopic (exact) mass is 115 g/mol. The lowest BCUT2D eigenvalue weighted by molar-refractivity contribution is -0.133. The van der Waals surface area contributed by atoms with Crippen molar-refractivity contribution in [2.24, 2.45) is 0 Å². The summed E-state index contributed by atoms with van der Waals surface area (Å²) in [5, 5.41) is 16.4. The van der Waals surface area contributed by atoms with Crippen molar-refractivity contribution in [3.8, 4) is 0 Å².